The van der Waals surface area contributed by atoms with Gasteiger partial charge in [-0.2, -0.15) is 0 Å². The van der Waals surface area contributed by atoms with Crippen molar-refractivity contribution < 1.29 is 19.6 Å². The van der Waals surface area contributed by atoms with Crippen molar-refractivity contribution in [3.05, 3.63) is 62.7 Å². The van der Waals surface area contributed by atoms with Gasteiger partial charge in [-0.3, -0.25) is 25.2 Å². The molecule has 1 amide bonds. The summed E-state index contributed by atoms with van der Waals surface area (Å²) in [5.41, 5.74) is -0.0351. The Balaban J connectivity index is 2.03. The van der Waals surface area contributed by atoms with Crippen molar-refractivity contribution in [3.63, 3.8) is 0 Å². The van der Waals surface area contributed by atoms with Crippen molar-refractivity contribution in [3.8, 4) is 11.5 Å². The topological polar surface area (TPSA) is 130 Å². The number of nitro groups is 1. The van der Waals surface area contributed by atoms with E-state index >= 15 is 0 Å². The van der Waals surface area contributed by atoms with E-state index in [2.05, 4.69) is 15.4 Å². The maximum absolute atomic E-state index is 12.9. The number of hydrogen-bond donors (Lipinski definition) is 2. The minimum Gasteiger partial charge on any atom is -0.504 e. The van der Waals surface area contributed by atoms with Crippen LogP contribution >= 0.6 is 11.8 Å². The van der Waals surface area contributed by atoms with Gasteiger partial charge in [0, 0.05) is 5.22 Å². The SMILES string of the molecule is CCOc1c(O)ccc(C2N=c3ccccc3=C3C(=O)NC(SC)=NN32)c1[N+](=O)[O-]. The molecule has 0 bridgehead atoms. The zero-order valence-corrected chi connectivity index (χ0v) is 16.8. The highest BCUT2D eigenvalue weighted by atomic mass is 32.2. The molecule has 30 heavy (non-hydrogen) atoms. The lowest BCUT2D eigenvalue weighted by molar-refractivity contribution is -0.387. The molecule has 0 saturated heterocycles. The van der Waals surface area contributed by atoms with Gasteiger partial charge in [-0.15, -0.1) is 5.10 Å². The van der Waals surface area contributed by atoms with Crippen LogP contribution in [0, 0.1) is 10.1 Å². The van der Waals surface area contributed by atoms with E-state index in [4.69, 9.17) is 4.74 Å². The van der Waals surface area contributed by atoms with E-state index in [-0.39, 0.29) is 35.3 Å². The van der Waals surface area contributed by atoms with E-state index < -0.39 is 16.8 Å². The van der Waals surface area contributed by atoms with Gasteiger partial charge in [0.15, 0.2) is 17.1 Å². The van der Waals surface area contributed by atoms with Crippen LogP contribution in [0.3, 0.4) is 0 Å². The molecule has 11 heteroatoms. The fourth-order valence-corrected chi connectivity index (χ4v) is 3.75. The van der Waals surface area contributed by atoms with Gasteiger partial charge in [-0.05, 0) is 31.4 Å². The Hall–Kier alpha value is -3.60. The number of amides is 1. The summed E-state index contributed by atoms with van der Waals surface area (Å²) in [5.74, 6) is -0.975. The summed E-state index contributed by atoms with van der Waals surface area (Å²) in [6.45, 7) is 1.79. The molecule has 0 spiro atoms. The number of para-hydroxylation sites is 1. The third kappa shape index (κ3) is 3.12. The lowest BCUT2D eigenvalue weighted by Crippen LogP contribution is -2.50. The van der Waals surface area contributed by atoms with Gasteiger partial charge in [0.2, 0.25) is 5.75 Å². The van der Waals surface area contributed by atoms with Crippen molar-refractivity contribution >= 4 is 34.2 Å². The molecule has 2 aliphatic rings. The number of thioether (sulfide) groups is 1. The van der Waals surface area contributed by atoms with Gasteiger partial charge >= 0.3 is 5.69 Å². The van der Waals surface area contributed by atoms with Crippen LogP contribution in [-0.4, -0.2) is 39.0 Å². The van der Waals surface area contributed by atoms with Gasteiger partial charge in [-0.25, -0.2) is 5.01 Å². The number of hydrazone groups is 1. The largest absolute Gasteiger partial charge is 0.504 e. The van der Waals surface area contributed by atoms with E-state index in [1.165, 1.54) is 28.9 Å². The summed E-state index contributed by atoms with van der Waals surface area (Å²) in [7, 11) is 0. The lowest BCUT2D eigenvalue weighted by atomic mass is 10.1. The molecule has 4 rings (SSSR count). The molecule has 154 valence electrons. The quantitative estimate of drug-likeness (QED) is 0.554. The zero-order chi connectivity index (χ0) is 21.4. The first-order valence-corrected chi connectivity index (χ1v) is 10.2. The number of fused-ring (bicyclic) bond motifs is 2. The van der Waals surface area contributed by atoms with Crippen molar-refractivity contribution in [1.82, 2.24) is 10.3 Å². The average molecular weight is 427 g/mol. The number of aromatic hydroxyl groups is 1. The van der Waals surface area contributed by atoms with E-state index in [0.29, 0.717) is 15.7 Å². The molecule has 0 radical (unpaired) electrons. The number of phenols is 1. The molecule has 0 fully saturated rings. The molecule has 1 unspecified atom stereocenters. The Kier molecular flexibility index (Phi) is 5.04. The van der Waals surface area contributed by atoms with Crippen molar-refractivity contribution in [2.45, 2.75) is 13.1 Å². The Bertz CT molecular complexity index is 1210. The molecule has 0 aromatic heterocycles. The zero-order valence-electron chi connectivity index (χ0n) is 16.0. The number of carbonyl (C=O) groups excluding carboxylic acids is 1. The number of benzene rings is 2. The molecule has 0 aliphatic carbocycles. The number of nitrogens with one attached hydrogen (secondary N) is 1. The molecular formula is C19H17N5O5S. The van der Waals surface area contributed by atoms with Gasteiger partial charge in [-0.1, -0.05) is 30.0 Å². The van der Waals surface area contributed by atoms with Gasteiger partial charge in [0.1, 0.15) is 5.70 Å². The van der Waals surface area contributed by atoms with Crippen molar-refractivity contribution in [1.29, 1.82) is 0 Å². The molecular weight excluding hydrogens is 410 g/mol. The predicted octanol–water partition coefficient (Wildman–Crippen LogP) is 1.21. The van der Waals surface area contributed by atoms with Crippen LogP contribution in [0.2, 0.25) is 0 Å². The summed E-state index contributed by atoms with van der Waals surface area (Å²) in [5, 5.41) is 32.0. The number of nitrogens with zero attached hydrogens (tertiary/aromatic N) is 4. The summed E-state index contributed by atoms with van der Waals surface area (Å²) in [4.78, 5) is 28.8. The first kappa shape index (κ1) is 19.7. The number of ether oxygens (including phenoxy) is 1. The highest BCUT2D eigenvalue weighted by Crippen LogP contribution is 2.44. The summed E-state index contributed by atoms with van der Waals surface area (Å²) in [6, 6.07) is 9.72. The Morgan fingerprint density at radius 1 is 1.33 bits per heavy atom. The fraction of sp³-hybridized carbons (Fsp3) is 0.211. The van der Waals surface area contributed by atoms with E-state index in [9.17, 15) is 20.0 Å². The van der Waals surface area contributed by atoms with Crippen LogP contribution in [0.15, 0.2) is 46.5 Å². The molecule has 2 aliphatic heterocycles. The van der Waals surface area contributed by atoms with E-state index in [0.717, 1.165) is 0 Å². The number of nitro benzene ring substituents is 1. The van der Waals surface area contributed by atoms with Crippen LogP contribution in [0.5, 0.6) is 11.5 Å². The number of rotatable bonds is 4. The maximum atomic E-state index is 12.9. The second-order valence-corrected chi connectivity index (χ2v) is 7.11. The van der Waals surface area contributed by atoms with Crippen LogP contribution < -0.4 is 20.6 Å². The molecule has 2 aromatic carbocycles. The third-order valence-electron chi connectivity index (χ3n) is 4.60. The molecule has 2 heterocycles. The maximum Gasteiger partial charge on any atom is 0.322 e. The molecule has 10 nitrogen and oxygen atoms in total. The third-order valence-corrected chi connectivity index (χ3v) is 5.17. The summed E-state index contributed by atoms with van der Waals surface area (Å²) >= 11 is 1.23. The number of hydrogen-bond acceptors (Lipinski definition) is 9. The molecule has 1 atom stereocenters. The number of amidine groups is 1. The second-order valence-electron chi connectivity index (χ2n) is 6.32. The van der Waals surface area contributed by atoms with Crippen LogP contribution in [0.4, 0.5) is 5.69 Å². The minimum absolute atomic E-state index is 0.126. The van der Waals surface area contributed by atoms with E-state index in [1.54, 1.807) is 37.4 Å². The smallest absolute Gasteiger partial charge is 0.322 e. The lowest BCUT2D eigenvalue weighted by Gasteiger charge is -2.33. The van der Waals surface area contributed by atoms with Crippen LogP contribution in [0.1, 0.15) is 18.7 Å². The fourth-order valence-electron chi connectivity index (χ4n) is 3.38. The van der Waals surface area contributed by atoms with Gasteiger partial charge in [0.25, 0.3) is 5.91 Å². The Morgan fingerprint density at radius 3 is 2.80 bits per heavy atom. The molecule has 2 aromatic rings. The summed E-state index contributed by atoms with van der Waals surface area (Å²) in [6.07, 6.45) is 0.757. The van der Waals surface area contributed by atoms with Gasteiger partial charge < -0.3 is 9.84 Å². The summed E-state index contributed by atoms with van der Waals surface area (Å²) < 4.78 is 5.35. The van der Waals surface area contributed by atoms with E-state index in [1.807, 2.05) is 0 Å². The molecule has 2 N–H and O–H groups in total. The second kappa shape index (κ2) is 7.67. The van der Waals surface area contributed by atoms with Gasteiger partial charge in [0.05, 0.1) is 22.5 Å². The number of phenolic OH excluding ortho intramolecular Hbond substituents is 1. The Morgan fingerprint density at radius 2 is 2.10 bits per heavy atom. The monoisotopic (exact) mass is 427 g/mol. The highest BCUT2D eigenvalue weighted by molar-refractivity contribution is 8.13. The molecule has 0 saturated carbocycles. The first-order valence-electron chi connectivity index (χ1n) is 8.99. The first-order chi connectivity index (χ1) is 14.5. The van der Waals surface area contributed by atoms with Crippen molar-refractivity contribution in [2.75, 3.05) is 12.9 Å². The Labute approximate surface area is 174 Å². The van der Waals surface area contributed by atoms with Crippen molar-refractivity contribution in [2.24, 2.45) is 10.1 Å². The standard InChI is InChI=1S/C19H17N5O5S/c1-3-29-16-13(25)9-8-11(14(16)24(27)28)17-20-12-7-5-4-6-10(12)15-18(26)21-19(30-2)22-23(15)17/h4-9,17,25H,3H2,1-2H3,(H,21,22,26). The minimum atomic E-state index is -0.997. The van der Waals surface area contributed by atoms with Crippen LogP contribution in [0.25, 0.3) is 5.70 Å². The average Bonchev–Trinajstić information content (AvgIpc) is 2.74. The normalized spacial score (nSPS) is 17.3. The van der Waals surface area contributed by atoms with Crippen LogP contribution in [-0.2, 0) is 4.79 Å². The predicted molar refractivity (Wildman–Crippen MR) is 110 cm³/mol. The number of carbonyl (C=O) groups is 1. The highest BCUT2D eigenvalue weighted by Gasteiger charge is 2.39.